The standard InChI is InChI=1S/C51H31N3O/c1-3-13-33(14-4-1)49-52-50(34-15-5-2-6-16-34)54-51(53-49)35-25-23-32(24-26-35)37-29-30-44-43-21-11-12-22-46(43)55-48(44)47(37)36-27-28-42-40-19-8-7-17-38(40)39-18-9-10-20-41(39)45(42)31-36/h1-31H. The molecule has 11 aromatic rings. The molecule has 55 heavy (non-hydrogen) atoms. The quantitative estimate of drug-likeness (QED) is 0.168. The zero-order valence-corrected chi connectivity index (χ0v) is 29.6. The Labute approximate surface area is 317 Å². The molecule has 11 rings (SSSR count). The topological polar surface area (TPSA) is 51.8 Å². The minimum atomic E-state index is 0.626. The van der Waals surface area contributed by atoms with Crippen molar-refractivity contribution in [3.8, 4) is 56.4 Å². The van der Waals surface area contributed by atoms with Crippen molar-refractivity contribution in [2.45, 2.75) is 0 Å². The van der Waals surface area contributed by atoms with Gasteiger partial charge in [-0.05, 0) is 67.2 Å². The van der Waals surface area contributed by atoms with E-state index in [1.807, 2.05) is 66.7 Å². The van der Waals surface area contributed by atoms with Crippen LogP contribution in [0, 0.1) is 0 Å². The van der Waals surface area contributed by atoms with Gasteiger partial charge in [0, 0.05) is 33.0 Å². The van der Waals surface area contributed by atoms with Crippen molar-refractivity contribution in [3.05, 3.63) is 188 Å². The van der Waals surface area contributed by atoms with Crippen LogP contribution >= 0.6 is 0 Å². The lowest BCUT2D eigenvalue weighted by molar-refractivity contribution is 0.670. The van der Waals surface area contributed by atoms with Crippen LogP contribution in [0.5, 0.6) is 0 Å². The Bertz CT molecular complexity index is 3150. The van der Waals surface area contributed by atoms with Gasteiger partial charge >= 0.3 is 0 Å². The molecule has 9 aromatic carbocycles. The van der Waals surface area contributed by atoms with Crippen LogP contribution in [0.15, 0.2) is 192 Å². The Kier molecular flexibility index (Phi) is 7.14. The van der Waals surface area contributed by atoms with E-state index in [1.165, 1.54) is 32.3 Å². The summed E-state index contributed by atoms with van der Waals surface area (Å²) in [4.78, 5) is 14.8. The summed E-state index contributed by atoms with van der Waals surface area (Å²) in [6.07, 6.45) is 0. The van der Waals surface area contributed by atoms with Crippen LogP contribution in [0.25, 0.3) is 111 Å². The Balaban J connectivity index is 1.10. The maximum absolute atomic E-state index is 6.75. The van der Waals surface area contributed by atoms with E-state index in [1.54, 1.807) is 0 Å². The van der Waals surface area contributed by atoms with E-state index in [2.05, 4.69) is 121 Å². The molecule has 2 aromatic heterocycles. The maximum atomic E-state index is 6.75. The van der Waals surface area contributed by atoms with Gasteiger partial charge in [-0.25, -0.2) is 15.0 Å². The summed E-state index contributed by atoms with van der Waals surface area (Å²) < 4.78 is 6.75. The van der Waals surface area contributed by atoms with Crippen molar-refractivity contribution in [1.29, 1.82) is 0 Å². The summed E-state index contributed by atoms with van der Waals surface area (Å²) in [5.74, 6) is 1.91. The highest BCUT2D eigenvalue weighted by Gasteiger charge is 2.20. The number of para-hydroxylation sites is 1. The number of furan rings is 1. The molecule has 0 unspecified atom stereocenters. The summed E-state index contributed by atoms with van der Waals surface area (Å²) in [5, 5.41) is 9.68. The van der Waals surface area contributed by atoms with E-state index in [-0.39, 0.29) is 0 Å². The molecule has 256 valence electrons. The van der Waals surface area contributed by atoms with Crippen LogP contribution in [-0.2, 0) is 0 Å². The molecule has 0 aliphatic carbocycles. The smallest absolute Gasteiger partial charge is 0.164 e. The molecular weight excluding hydrogens is 671 g/mol. The molecule has 4 heteroatoms. The number of aromatic nitrogens is 3. The summed E-state index contributed by atoms with van der Waals surface area (Å²) >= 11 is 0. The summed E-state index contributed by atoms with van der Waals surface area (Å²) in [5.41, 5.74) is 8.90. The fourth-order valence-corrected chi connectivity index (χ4v) is 8.12. The molecule has 0 aliphatic rings. The van der Waals surface area contributed by atoms with Crippen molar-refractivity contribution in [3.63, 3.8) is 0 Å². The Morgan fingerprint density at radius 2 is 0.709 bits per heavy atom. The summed E-state index contributed by atoms with van der Waals surface area (Å²) in [6.45, 7) is 0. The first-order valence-electron chi connectivity index (χ1n) is 18.5. The van der Waals surface area contributed by atoms with Crippen molar-refractivity contribution < 1.29 is 4.42 Å². The molecule has 0 bridgehead atoms. The van der Waals surface area contributed by atoms with Crippen LogP contribution in [0.1, 0.15) is 0 Å². The van der Waals surface area contributed by atoms with E-state index in [0.717, 1.165) is 60.9 Å². The number of hydrogen-bond acceptors (Lipinski definition) is 4. The van der Waals surface area contributed by atoms with Gasteiger partial charge in [0.25, 0.3) is 0 Å². The third kappa shape index (κ3) is 5.19. The number of fused-ring (bicyclic) bond motifs is 9. The molecule has 0 saturated heterocycles. The molecule has 0 fully saturated rings. The van der Waals surface area contributed by atoms with Crippen LogP contribution in [0.3, 0.4) is 0 Å². The molecule has 0 amide bonds. The van der Waals surface area contributed by atoms with Gasteiger partial charge in [0.05, 0.1) is 0 Å². The molecule has 4 nitrogen and oxygen atoms in total. The lowest BCUT2D eigenvalue weighted by Crippen LogP contribution is -2.00. The number of nitrogens with zero attached hydrogens (tertiary/aromatic N) is 3. The Hall–Kier alpha value is -7.43. The molecule has 2 heterocycles. The van der Waals surface area contributed by atoms with Gasteiger partial charge in [-0.2, -0.15) is 0 Å². The third-order valence-corrected chi connectivity index (χ3v) is 10.7. The second-order valence-electron chi connectivity index (χ2n) is 13.9. The van der Waals surface area contributed by atoms with Crippen LogP contribution < -0.4 is 0 Å². The average Bonchev–Trinajstić information content (AvgIpc) is 3.65. The third-order valence-electron chi connectivity index (χ3n) is 10.7. The van der Waals surface area contributed by atoms with E-state index < -0.39 is 0 Å². The van der Waals surface area contributed by atoms with Gasteiger partial charge in [0.1, 0.15) is 11.2 Å². The highest BCUT2D eigenvalue weighted by atomic mass is 16.3. The molecule has 0 radical (unpaired) electrons. The van der Waals surface area contributed by atoms with Gasteiger partial charge in [0.15, 0.2) is 17.5 Å². The highest BCUT2D eigenvalue weighted by Crippen LogP contribution is 2.44. The van der Waals surface area contributed by atoms with E-state index in [4.69, 9.17) is 19.4 Å². The van der Waals surface area contributed by atoms with Crippen LogP contribution in [0.4, 0.5) is 0 Å². The lowest BCUT2D eigenvalue weighted by atomic mass is 9.88. The minimum Gasteiger partial charge on any atom is -0.455 e. The van der Waals surface area contributed by atoms with Crippen molar-refractivity contribution >= 4 is 54.3 Å². The monoisotopic (exact) mass is 701 g/mol. The molecular formula is C51H31N3O. The first-order valence-corrected chi connectivity index (χ1v) is 18.5. The minimum absolute atomic E-state index is 0.626. The van der Waals surface area contributed by atoms with E-state index in [0.29, 0.717) is 17.5 Å². The first-order chi connectivity index (χ1) is 27.3. The Morgan fingerprint density at radius 3 is 1.29 bits per heavy atom. The molecule has 0 saturated carbocycles. The van der Waals surface area contributed by atoms with Crippen molar-refractivity contribution in [2.24, 2.45) is 0 Å². The average molecular weight is 702 g/mol. The SMILES string of the molecule is c1ccc(-c2nc(-c3ccccc3)nc(-c3ccc(-c4ccc5c(oc6ccccc65)c4-c4ccc5c6ccccc6c6ccccc6c5c4)cc3)n2)cc1. The van der Waals surface area contributed by atoms with Gasteiger partial charge in [0.2, 0.25) is 0 Å². The second kappa shape index (κ2) is 12.6. The van der Waals surface area contributed by atoms with Crippen LogP contribution in [-0.4, -0.2) is 15.0 Å². The summed E-state index contributed by atoms with van der Waals surface area (Å²) in [6, 6.07) is 65.8. The lowest BCUT2D eigenvalue weighted by Gasteiger charge is -2.15. The fourth-order valence-electron chi connectivity index (χ4n) is 8.12. The molecule has 0 spiro atoms. The van der Waals surface area contributed by atoms with Gasteiger partial charge in [-0.3, -0.25) is 0 Å². The van der Waals surface area contributed by atoms with Gasteiger partial charge in [-0.1, -0.05) is 170 Å². The second-order valence-corrected chi connectivity index (χ2v) is 13.9. The zero-order valence-electron chi connectivity index (χ0n) is 29.6. The van der Waals surface area contributed by atoms with Gasteiger partial charge < -0.3 is 4.42 Å². The van der Waals surface area contributed by atoms with E-state index in [9.17, 15) is 0 Å². The van der Waals surface area contributed by atoms with Crippen LogP contribution in [0.2, 0.25) is 0 Å². The van der Waals surface area contributed by atoms with Gasteiger partial charge in [-0.15, -0.1) is 0 Å². The van der Waals surface area contributed by atoms with Crippen molar-refractivity contribution in [2.75, 3.05) is 0 Å². The Morgan fingerprint density at radius 1 is 0.291 bits per heavy atom. The highest BCUT2D eigenvalue weighted by molar-refractivity contribution is 6.26. The predicted molar refractivity (Wildman–Crippen MR) is 227 cm³/mol. The normalized spacial score (nSPS) is 11.6. The zero-order chi connectivity index (χ0) is 36.3. The number of benzene rings is 9. The summed E-state index contributed by atoms with van der Waals surface area (Å²) in [7, 11) is 0. The maximum Gasteiger partial charge on any atom is 0.164 e. The number of hydrogen-bond donors (Lipinski definition) is 0. The van der Waals surface area contributed by atoms with E-state index >= 15 is 0 Å². The molecule has 0 aliphatic heterocycles. The molecule has 0 atom stereocenters. The largest absolute Gasteiger partial charge is 0.455 e. The van der Waals surface area contributed by atoms with Crippen molar-refractivity contribution in [1.82, 2.24) is 15.0 Å². The first kappa shape index (κ1) is 31.1. The number of rotatable bonds is 5. The predicted octanol–water partition coefficient (Wildman–Crippen LogP) is 13.6. The fraction of sp³-hybridized carbons (Fsp3) is 0. The molecule has 0 N–H and O–H groups in total.